The maximum atomic E-state index is 5.75. The average Bonchev–Trinajstić information content (AvgIpc) is 2.64. The van der Waals surface area contributed by atoms with Crippen LogP contribution in [0.2, 0.25) is 0 Å². The van der Waals surface area contributed by atoms with Gasteiger partial charge in [-0.15, -0.1) is 24.0 Å². The minimum Gasteiger partial charge on any atom is -0.497 e. The summed E-state index contributed by atoms with van der Waals surface area (Å²) in [5.74, 6) is 2.52. The first kappa shape index (κ1) is 23.8. The Morgan fingerprint density at radius 1 is 1.07 bits per heavy atom. The van der Waals surface area contributed by atoms with Crippen molar-refractivity contribution in [1.82, 2.24) is 10.6 Å². The van der Waals surface area contributed by atoms with E-state index in [1.165, 1.54) is 19.3 Å². The lowest BCUT2D eigenvalue weighted by Crippen LogP contribution is -2.41. The monoisotopic (exact) mass is 491 g/mol. The molecule has 1 saturated carbocycles. The van der Waals surface area contributed by atoms with Crippen LogP contribution >= 0.6 is 24.0 Å². The number of halogens is 1. The predicted molar refractivity (Wildman–Crippen MR) is 121 cm³/mol. The number of guanidine groups is 1. The van der Waals surface area contributed by atoms with Crippen LogP contribution in [0, 0.1) is 5.41 Å². The van der Waals surface area contributed by atoms with Gasteiger partial charge in [-0.25, -0.2) is 0 Å². The zero-order valence-corrected chi connectivity index (χ0v) is 19.1. The van der Waals surface area contributed by atoms with Crippen molar-refractivity contribution in [2.45, 2.75) is 32.6 Å². The molecule has 0 bridgehead atoms. The highest BCUT2D eigenvalue weighted by atomic mass is 127. The van der Waals surface area contributed by atoms with Gasteiger partial charge in [0, 0.05) is 26.8 Å². The molecule has 0 aliphatic heterocycles. The molecule has 7 heteroatoms. The van der Waals surface area contributed by atoms with Crippen molar-refractivity contribution in [2.24, 2.45) is 10.4 Å². The van der Waals surface area contributed by atoms with Gasteiger partial charge in [0.25, 0.3) is 0 Å². The molecule has 0 spiro atoms. The van der Waals surface area contributed by atoms with Crippen LogP contribution in [-0.4, -0.2) is 53.0 Å². The van der Waals surface area contributed by atoms with Crippen LogP contribution in [0.15, 0.2) is 29.3 Å². The highest BCUT2D eigenvalue weighted by molar-refractivity contribution is 14.0. The minimum atomic E-state index is 0. The molecule has 154 valence electrons. The lowest BCUT2D eigenvalue weighted by molar-refractivity contribution is 0.0778. The summed E-state index contributed by atoms with van der Waals surface area (Å²) in [5, 5.41) is 6.66. The molecule has 0 unspecified atom stereocenters. The Morgan fingerprint density at radius 2 is 1.78 bits per heavy atom. The fourth-order valence-corrected chi connectivity index (χ4v) is 3.08. The summed E-state index contributed by atoms with van der Waals surface area (Å²) in [6.45, 7) is 5.86. The largest absolute Gasteiger partial charge is 0.497 e. The Balaban J connectivity index is 0.00000364. The van der Waals surface area contributed by atoms with E-state index >= 15 is 0 Å². The SMILES string of the molecule is CCNC(=NCC1(CCOC)CCC1)NCCOc1ccc(OC)cc1.I. The van der Waals surface area contributed by atoms with Crippen molar-refractivity contribution in [2.75, 3.05) is 47.1 Å². The molecule has 27 heavy (non-hydrogen) atoms. The third-order valence-corrected chi connectivity index (χ3v) is 4.89. The topological polar surface area (TPSA) is 64.1 Å². The third kappa shape index (κ3) is 8.13. The van der Waals surface area contributed by atoms with Crippen LogP contribution in [0.3, 0.4) is 0 Å². The summed E-state index contributed by atoms with van der Waals surface area (Å²) >= 11 is 0. The fraction of sp³-hybridized carbons (Fsp3) is 0.650. The number of methoxy groups -OCH3 is 2. The van der Waals surface area contributed by atoms with Crippen LogP contribution in [0.5, 0.6) is 11.5 Å². The number of nitrogens with zero attached hydrogens (tertiary/aromatic N) is 1. The molecule has 0 heterocycles. The standard InChI is InChI=1S/C20H33N3O3.HI/c1-4-21-19(23-16-20(10-5-11-20)12-14-24-2)22-13-15-26-18-8-6-17(25-3)7-9-18;/h6-9H,4-5,10-16H2,1-3H3,(H2,21,22,23);1H. The predicted octanol–water partition coefficient (Wildman–Crippen LogP) is 3.45. The lowest BCUT2D eigenvalue weighted by Gasteiger charge is -2.40. The van der Waals surface area contributed by atoms with Gasteiger partial charge >= 0.3 is 0 Å². The van der Waals surface area contributed by atoms with Gasteiger partial charge in [-0.1, -0.05) is 6.42 Å². The molecule has 1 fully saturated rings. The van der Waals surface area contributed by atoms with Gasteiger partial charge in [0.1, 0.15) is 18.1 Å². The minimum absolute atomic E-state index is 0. The van der Waals surface area contributed by atoms with Gasteiger partial charge in [0.2, 0.25) is 0 Å². The molecular formula is C20H34IN3O3. The molecular weight excluding hydrogens is 457 g/mol. The number of aliphatic imine (C=N–C) groups is 1. The Bertz CT molecular complexity index is 548. The molecule has 0 aromatic heterocycles. The van der Waals surface area contributed by atoms with Crippen molar-refractivity contribution in [1.29, 1.82) is 0 Å². The quantitative estimate of drug-likeness (QED) is 0.215. The highest BCUT2D eigenvalue weighted by Crippen LogP contribution is 2.44. The third-order valence-electron chi connectivity index (χ3n) is 4.89. The first-order valence-corrected chi connectivity index (χ1v) is 9.49. The molecule has 2 rings (SSSR count). The normalized spacial score (nSPS) is 15.3. The summed E-state index contributed by atoms with van der Waals surface area (Å²) in [7, 11) is 3.43. The summed E-state index contributed by atoms with van der Waals surface area (Å²) < 4.78 is 16.2. The molecule has 2 N–H and O–H groups in total. The second-order valence-electron chi connectivity index (χ2n) is 6.74. The Morgan fingerprint density at radius 3 is 2.33 bits per heavy atom. The number of ether oxygens (including phenoxy) is 3. The number of hydrogen-bond donors (Lipinski definition) is 2. The smallest absolute Gasteiger partial charge is 0.191 e. The zero-order chi connectivity index (χ0) is 18.7. The molecule has 0 saturated heterocycles. The van der Waals surface area contributed by atoms with E-state index in [9.17, 15) is 0 Å². The van der Waals surface area contributed by atoms with Gasteiger partial charge in [-0.2, -0.15) is 0 Å². The number of benzene rings is 1. The number of rotatable bonds is 11. The maximum Gasteiger partial charge on any atom is 0.191 e. The molecule has 1 aliphatic rings. The van der Waals surface area contributed by atoms with Gasteiger partial charge < -0.3 is 24.8 Å². The van der Waals surface area contributed by atoms with E-state index in [0.717, 1.165) is 43.6 Å². The summed E-state index contributed by atoms with van der Waals surface area (Å²) in [6, 6.07) is 7.61. The van der Waals surface area contributed by atoms with Crippen LogP contribution in [-0.2, 0) is 4.74 Å². The van der Waals surface area contributed by atoms with E-state index < -0.39 is 0 Å². The molecule has 1 aromatic carbocycles. The lowest BCUT2D eigenvalue weighted by atomic mass is 9.67. The zero-order valence-electron chi connectivity index (χ0n) is 16.8. The number of nitrogens with one attached hydrogen (secondary N) is 2. The van der Waals surface area contributed by atoms with Gasteiger partial charge in [0.05, 0.1) is 13.7 Å². The molecule has 1 aromatic rings. The van der Waals surface area contributed by atoms with Crippen LogP contribution in [0.1, 0.15) is 32.6 Å². The van der Waals surface area contributed by atoms with Crippen molar-refractivity contribution >= 4 is 29.9 Å². The first-order chi connectivity index (χ1) is 12.7. The van der Waals surface area contributed by atoms with Gasteiger partial charge in [-0.05, 0) is 55.9 Å². The number of hydrogen-bond acceptors (Lipinski definition) is 4. The molecule has 6 nitrogen and oxygen atoms in total. The molecule has 0 amide bonds. The van der Waals surface area contributed by atoms with E-state index in [-0.39, 0.29) is 24.0 Å². The van der Waals surface area contributed by atoms with E-state index in [4.69, 9.17) is 19.2 Å². The van der Waals surface area contributed by atoms with Crippen LogP contribution < -0.4 is 20.1 Å². The summed E-state index contributed by atoms with van der Waals surface area (Å²) in [5.41, 5.74) is 0.331. The molecule has 0 atom stereocenters. The Hall–Kier alpha value is -1.22. The van der Waals surface area contributed by atoms with E-state index in [1.807, 2.05) is 24.3 Å². The van der Waals surface area contributed by atoms with Gasteiger partial charge in [-0.3, -0.25) is 4.99 Å². The van der Waals surface area contributed by atoms with Crippen molar-refractivity contribution in [3.8, 4) is 11.5 Å². The Kier molecular flexibility index (Phi) is 11.5. The van der Waals surface area contributed by atoms with Crippen molar-refractivity contribution < 1.29 is 14.2 Å². The average molecular weight is 491 g/mol. The molecule has 1 aliphatic carbocycles. The second-order valence-corrected chi connectivity index (χ2v) is 6.74. The summed E-state index contributed by atoms with van der Waals surface area (Å²) in [4.78, 5) is 4.79. The fourth-order valence-electron chi connectivity index (χ4n) is 3.08. The van der Waals surface area contributed by atoms with Crippen LogP contribution in [0.4, 0.5) is 0 Å². The van der Waals surface area contributed by atoms with E-state index in [0.29, 0.717) is 18.6 Å². The van der Waals surface area contributed by atoms with E-state index in [2.05, 4.69) is 17.6 Å². The summed E-state index contributed by atoms with van der Waals surface area (Å²) in [6.07, 6.45) is 4.89. The second kappa shape index (κ2) is 13.0. The van der Waals surface area contributed by atoms with Gasteiger partial charge in [0.15, 0.2) is 5.96 Å². The molecule has 0 radical (unpaired) electrons. The van der Waals surface area contributed by atoms with Crippen molar-refractivity contribution in [3.05, 3.63) is 24.3 Å². The van der Waals surface area contributed by atoms with Crippen molar-refractivity contribution in [3.63, 3.8) is 0 Å². The Labute approximate surface area is 180 Å². The van der Waals surface area contributed by atoms with E-state index in [1.54, 1.807) is 14.2 Å². The maximum absolute atomic E-state index is 5.75. The van der Waals surface area contributed by atoms with Crippen LogP contribution in [0.25, 0.3) is 0 Å². The highest BCUT2D eigenvalue weighted by Gasteiger charge is 2.36. The first-order valence-electron chi connectivity index (χ1n) is 9.49.